The highest BCUT2D eigenvalue weighted by atomic mass is 19.1. The van der Waals surface area contributed by atoms with E-state index < -0.39 is 0 Å². The first-order chi connectivity index (χ1) is 14.2. The van der Waals surface area contributed by atoms with Crippen molar-refractivity contribution in [1.82, 2.24) is 15.0 Å². The summed E-state index contributed by atoms with van der Waals surface area (Å²) in [6.07, 6.45) is 0. The van der Waals surface area contributed by atoms with Crippen molar-refractivity contribution in [3.8, 4) is 11.5 Å². The second-order valence-corrected chi connectivity index (χ2v) is 6.81. The molecule has 0 unspecified atom stereocenters. The summed E-state index contributed by atoms with van der Waals surface area (Å²) in [7, 11) is 1.62. The minimum Gasteiger partial charge on any atom is -0.497 e. The van der Waals surface area contributed by atoms with Gasteiger partial charge in [-0.2, -0.15) is 4.98 Å². The number of benzene rings is 2. The molecule has 4 rings (SSSR count). The molecular formula is C21H23FN4O3. The summed E-state index contributed by atoms with van der Waals surface area (Å²) in [5, 5.41) is 3.99. The van der Waals surface area contributed by atoms with Gasteiger partial charge in [0.05, 0.1) is 13.7 Å². The van der Waals surface area contributed by atoms with Crippen LogP contribution in [0.25, 0.3) is 0 Å². The Morgan fingerprint density at radius 3 is 2.34 bits per heavy atom. The zero-order chi connectivity index (χ0) is 20.1. The summed E-state index contributed by atoms with van der Waals surface area (Å²) < 4.78 is 29.2. The van der Waals surface area contributed by atoms with Crippen LogP contribution >= 0.6 is 0 Å². The van der Waals surface area contributed by atoms with E-state index in [4.69, 9.17) is 14.0 Å². The number of hydrogen-bond acceptors (Lipinski definition) is 7. The average Bonchev–Trinajstić information content (AvgIpc) is 3.21. The van der Waals surface area contributed by atoms with Gasteiger partial charge in [0.1, 0.15) is 17.3 Å². The molecule has 1 aliphatic heterocycles. The van der Waals surface area contributed by atoms with Gasteiger partial charge in [-0.3, -0.25) is 4.90 Å². The molecule has 1 fully saturated rings. The molecule has 152 valence electrons. The highest BCUT2D eigenvalue weighted by Crippen LogP contribution is 2.19. The number of methoxy groups -OCH3 is 1. The first-order valence-electron chi connectivity index (χ1n) is 9.51. The molecule has 7 nitrogen and oxygen atoms in total. The first kappa shape index (κ1) is 19.2. The minimum absolute atomic E-state index is 0.212. The van der Waals surface area contributed by atoms with Crippen LogP contribution in [0.1, 0.15) is 11.7 Å². The van der Waals surface area contributed by atoms with Crippen molar-refractivity contribution < 1.29 is 18.4 Å². The lowest BCUT2D eigenvalue weighted by atomic mass is 10.2. The van der Waals surface area contributed by atoms with E-state index in [1.54, 1.807) is 7.11 Å². The number of ether oxygens (including phenoxy) is 2. The highest BCUT2D eigenvalue weighted by Gasteiger charge is 2.19. The van der Waals surface area contributed by atoms with Crippen LogP contribution in [0.5, 0.6) is 11.5 Å². The largest absolute Gasteiger partial charge is 0.497 e. The number of rotatable bonds is 7. The van der Waals surface area contributed by atoms with E-state index in [0.29, 0.717) is 24.0 Å². The van der Waals surface area contributed by atoms with E-state index in [1.807, 2.05) is 36.4 Å². The van der Waals surface area contributed by atoms with Gasteiger partial charge in [-0.05, 0) is 48.5 Å². The van der Waals surface area contributed by atoms with Gasteiger partial charge in [0.2, 0.25) is 11.7 Å². The quantitative estimate of drug-likeness (QED) is 0.606. The Hall–Kier alpha value is -3.13. The van der Waals surface area contributed by atoms with E-state index in [9.17, 15) is 4.39 Å². The van der Waals surface area contributed by atoms with Crippen molar-refractivity contribution >= 4 is 5.69 Å². The maximum atomic E-state index is 13.1. The van der Waals surface area contributed by atoms with Crippen molar-refractivity contribution in [2.45, 2.75) is 13.2 Å². The Morgan fingerprint density at radius 2 is 1.66 bits per heavy atom. The number of aromatic nitrogens is 2. The van der Waals surface area contributed by atoms with E-state index >= 15 is 0 Å². The van der Waals surface area contributed by atoms with Crippen molar-refractivity contribution in [1.29, 1.82) is 0 Å². The second kappa shape index (κ2) is 8.91. The van der Waals surface area contributed by atoms with Crippen LogP contribution in [0.2, 0.25) is 0 Å². The molecule has 1 aliphatic rings. The van der Waals surface area contributed by atoms with Crippen molar-refractivity contribution in [3.05, 3.63) is 66.1 Å². The fourth-order valence-electron chi connectivity index (χ4n) is 3.24. The van der Waals surface area contributed by atoms with Gasteiger partial charge < -0.3 is 18.9 Å². The van der Waals surface area contributed by atoms with E-state index in [1.165, 1.54) is 12.1 Å². The van der Waals surface area contributed by atoms with Gasteiger partial charge in [-0.25, -0.2) is 4.39 Å². The Labute approximate surface area is 168 Å². The molecule has 0 amide bonds. The van der Waals surface area contributed by atoms with Crippen molar-refractivity contribution in [3.63, 3.8) is 0 Å². The molecule has 0 atom stereocenters. The van der Waals surface area contributed by atoms with Crippen LogP contribution in [-0.4, -0.2) is 48.3 Å². The SMILES string of the molecule is COc1ccc(OCc2noc(CN3CCN(c4ccc(F)cc4)CC3)n2)cc1. The molecular weight excluding hydrogens is 375 g/mol. The van der Waals surface area contributed by atoms with Crippen LogP contribution in [0.4, 0.5) is 10.1 Å². The third kappa shape index (κ3) is 5.03. The van der Waals surface area contributed by atoms with Gasteiger partial charge in [0, 0.05) is 31.9 Å². The summed E-state index contributed by atoms with van der Waals surface area (Å²) in [6, 6.07) is 14.0. The standard InChI is InChI=1S/C21H23FN4O3/c1-27-18-6-8-19(9-7-18)28-15-20-23-21(29-24-20)14-25-10-12-26(13-11-25)17-4-2-16(22)3-5-17/h2-9H,10-15H2,1H3. The van der Waals surface area contributed by atoms with Crippen LogP contribution in [0.3, 0.4) is 0 Å². The lowest BCUT2D eigenvalue weighted by Gasteiger charge is -2.35. The summed E-state index contributed by atoms with van der Waals surface area (Å²) >= 11 is 0. The summed E-state index contributed by atoms with van der Waals surface area (Å²) in [5.74, 6) is 2.37. The molecule has 0 saturated carbocycles. The maximum absolute atomic E-state index is 13.1. The predicted molar refractivity (Wildman–Crippen MR) is 106 cm³/mol. The lowest BCUT2D eigenvalue weighted by Crippen LogP contribution is -2.46. The molecule has 1 saturated heterocycles. The molecule has 1 aromatic heterocycles. The molecule has 0 aliphatic carbocycles. The van der Waals surface area contributed by atoms with Crippen LogP contribution in [0, 0.1) is 5.82 Å². The third-order valence-corrected chi connectivity index (χ3v) is 4.86. The van der Waals surface area contributed by atoms with Gasteiger partial charge in [-0.1, -0.05) is 5.16 Å². The van der Waals surface area contributed by atoms with Gasteiger partial charge in [0.25, 0.3) is 0 Å². The molecule has 29 heavy (non-hydrogen) atoms. The molecule has 3 aromatic rings. The second-order valence-electron chi connectivity index (χ2n) is 6.81. The third-order valence-electron chi connectivity index (χ3n) is 4.86. The molecule has 0 bridgehead atoms. The topological polar surface area (TPSA) is 63.9 Å². The van der Waals surface area contributed by atoms with Gasteiger partial charge >= 0.3 is 0 Å². The molecule has 0 spiro atoms. The molecule has 0 N–H and O–H groups in total. The zero-order valence-corrected chi connectivity index (χ0v) is 16.3. The molecule has 2 heterocycles. The fourth-order valence-corrected chi connectivity index (χ4v) is 3.24. The molecule has 8 heteroatoms. The first-order valence-corrected chi connectivity index (χ1v) is 9.51. The van der Waals surface area contributed by atoms with Gasteiger partial charge in [0.15, 0.2) is 6.61 Å². The highest BCUT2D eigenvalue weighted by molar-refractivity contribution is 5.46. The summed E-state index contributed by atoms with van der Waals surface area (Å²) in [5.41, 5.74) is 1.04. The van der Waals surface area contributed by atoms with Crippen LogP contribution in [-0.2, 0) is 13.2 Å². The van der Waals surface area contributed by atoms with Crippen molar-refractivity contribution in [2.75, 3.05) is 38.2 Å². The summed E-state index contributed by atoms with van der Waals surface area (Å²) in [4.78, 5) is 8.93. The minimum atomic E-state index is -0.212. The number of piperazine rings is 1. The summed E-state index contributed by atoms with van der Waals surface area (Å²) in [6.45, 7) is 4.33. The lowest BCUT2D eigenvalue weighted by molar-refractivity contribution is 0.214. The molecule has 0 radical (unpaired) electrons. The Kier molecular flexibility index (Phi) is 5.90. The smallest absolute Gasteiger partial charge is 0.240 e. The van der Waals surface area contributed by atoms with Crippen LogP contribution in [0.15, 0.2) is 53.1 Å². The number of anilines is 1. The average molecular weight is 398 g/mol. The van der Waals surface area contributed by atoms with E-state index in [0.717, 1.165) is 37.6 Å². The number of nitrogens with zero attached hydrogens (tertiary/aromatic N) is 4. The predicted octanol–water partition coefficient (Wildman–Crippen LogP) is 3.12. The Morgan fingerprint density at radius 1 is 0.966 bits per heavy atom. The normalized spacial score (nSPS) is 14.8. The van der Waals surface area contributed by atoms with Crippen molar-refractivity contribution in [2.24, 2.45) is 0 Å². The monoisotopic (exact) mass is 398 g/mol. The zero-order valence-electron chi connectivity index (χ0n) is 16.3. The Balaban J connectivity index is 1.24. The number of halogens is 1. The fraction of sp³-hybridized carbons (Fsp3) is 0.333. The maximum Gasteiger partial charge on any atom is 0.240 e. The molecule has 2 aromatic carbocycles. The van der Waals surface area contributed by atoms with Gasteiger partial charge in [-0.15, -0.1) is 0 Å². The Bertz CT molecular complexity index is 906. The van der Waals surface area contributed by atoms with Crippen LogP contribution < -0.4 is 14.4 Å². The van der Waals surface area contributed by atoms with E-state index in [2.05, 4.69) is 19.9 Å². The number of hydrogen-bond donors (Lipinski definition) is 0. The van der Waals surface area contributed by atoms with E-state index in [-0.39, 0.29) is 12.4 Å².